The second kappa shape index (κ2) is 8.61. The number of anilines is 1. The molecule has 0 heterocycles. The van der Waals surface area contributed by atoms with Crippen molar-refractivity contribution in [3.05, 3.63) is 59.7 Å². The molecule has 0 aliphatic rings. The van der Waals surface area contributed by atoms with E-state index in [1.807, 2.05) is 69.3 Å². The number of carbonyl (C=O) groups excluding carboxylic acids is 1. The number of nitrogens with zero attached hydrogens (tertiary/aromatic N) is 1. The molecule has 0 aromatic heterocycles. The van der Waals surface area contributed by atoms with Crippen LogP contribution in [0.25, 0.3) is 0 Å². The van der Waals surface area contributed by atoms with Crippen LogP contribution >= 0.6 is 0 Å². The predicted octanol–water partition coefficient (Wildman–Crippen LogP) is 4.26. The summed E-state index contributed by atoms with van der Waals surface area (Å²) in [5.74, 6) is 0.817. The van der Waals surface area contributed by atoms with Crippen molar-refractivity contribution in [2.24, 2.45) is 0 Å². The van der Waals surface area contributed by atoms with Gasteiger partial charge in [-0.3, -0.25) is 0 Å². The van der Waals surface area contributed by atoms with Crippen LogP contribution < -0.4 is 10.5 Å². The van der Waals surface area contributed by atoms with Crippen LogP contribution in [0.1, 0.15) is 31.9 Å². The summed E-state index contributed by atoms with van der Waals surface area (Å²) in [6.07, 6.45) is 0.402. The third kappa shape index (κ3) is 6.31. The molecule has 1 amide bonds. The van der Waals surface area contributed by atoms with E-state index in [0.29, 0.717) is 18.8 Å². The van der Waals surface area contributed by atoms with Gasteiger partial charge in [-0.1, -0.05) is 24.3 Å². The third-order valence-corrected chi connectivity index (χ3v) is 3.81. The Bertz CT molecular complexity index is 721. The van der Waals surface area contributed by atoms with E-state index in [1.165, 1.54) is 0 Å². The minimum atomic E-state index is -0.537. The molecule has 0 aliphatic carbocycles. The summed E-state index contributed by atoms with van der Waals surface area (Å²) in [6, 6.07) is 15.4. The smallest absolute Gasteiger partial charge is 0.410 e. The standard InChI is InChI=1S/C21H28N2O3/c1-21(2,3)26-20(24)23(15-17-6-5-7-18(22)14-17)13-12-16-8-10-19(25-4)11-9-16/h5-11,14H,12-13,15,22H2,1-4H3. The van der Waals surface area contributed by atoms with Gasteiger partial charge in [-0.2, -0.15) is 0 Å². The Balaban J connectivity index is 2.09. The average molecular weight is 356 g/mol. The molecule has 2 aromatic carbocycles. The maximum atomic E-state index is 12.6. The molecule has 2 rings (SSSR count). The molecule has 0 radical (unpaired) electrons. The molecule has 26 heavy (non-hydrogen) atoms. The molecule has 5 heteroatoms. The molecular weight excluding hydrogens is 328 g/mol. The van der Waals surface area contributed by atoms with E-state index < -0.39 is 5.60 Å². The van der Waals surface area contributed by atoms with Gasteiger partial charge in [-0.15, -0.1) is 0 Å². The summed E-state index contributed by atoms with van der Waals surface area (Å²) in [5.41, 5.74) is 8.11. The number of carbonyl (C=O) groups is 1. The highest BCUT2D eigenvalue weighted by Gasteiger charge is 2.22. The van der Waals surface area contributed by atoms with E-state index in [0.717, 1.165) is 23.3 Å². The van der Waals surface area contributed by atoms with Gasteiger partial charge < -0.3 is 20.1 Å². The summed E-state index contributed by atoms with van der Waals surface area (Å²) in [6.45, 7) is 6.61. The molecule has 2 aromatic rings. The highest BCUT2D eigenvalue weighted by molar-refractivity contribution is 5.68. The maximum Gasteiger partial charge on any atom is 0.410 e. The van der Waals surface area contributed by atoms with Crippen LogP contribution in [-0.2, 0) is 17.7 Å². The Hall–Kier alpha value is -2.69. The summed E-state index contributed by atoms with van der Waals surface area (Å²) >= 11 is 0. The van der Waals surface area contributed by atoms with Gasteiger partial charge in [0.25, 0.3) is 0 Å². The summed E-state index contributed by atoms with van der Waals surface area (Å²) in [5, 5.41) is 0. The van der Waals surface area contributed by atoms with Crippen molar-refractivity contribution in [2.75, 3.05) is 19.4 Å². The second-order valence-corrected chi connectivity index (χ2v) is 7.25. The fraction of sp³-hybridized carbons (Fsp3) is 0.381. The zero-order valence-corrected chi connectivity index (χ0v) is 16.0. The van der Waals surface area contributed by atoms with Crippen molar-refractivity contribution in [1.82, 2.24) is 4.90 Å². The predicted molar refractivity (Wildman–Crippen MR) is 104 cm³/mol. The first-order valence-corrected chi connectivity index (χ1v) is 8.72. The lowest BCUT2D eigenvalue weighted by molar-refractivity contribution is 0.0236. The molecule has 0 bridgehead atoms. The van der Waals surface area contributed by atoms with Crippen LogP contribution in [0, 0.1) is 0 Å². The molecule has 140 valence electrons. The largest absolute Gasteiger partial charge is 0.497 e. The van der Waals surface area contributed by atoms with Gasteiger partial charge in [0.05, 0.1) is 7.11 Å². The Labute approximate surface area is 155 Å². The molecule has 0 unspecified atom stereocenters. The minimum Gasteiger partial charge on any atom is -0.497 e. The van der Waals surface area contributed by atoms with Crippen molar-refractivity contribution in [3.63, 3.8) is 0 Å². The highest BCUT2D eigenvalue weighted by atomic mass is 16.6. The van der Waals surface area contributed by atoms with E-state index in [-0.39, 0.29) is 6.09 Å². The van der Waals surface area contributed by atoms with Gasteiger partial charge in [0.2, 0.25) is 0 Å². The van der Waals surface area contributed by atoms with Crippen LogP contribution in [0.2, 0.25) is 0 Å². The third-order valence-electron chi connectivity index (χ3n) is 3.81. The Kier molecular flexibility index (Phi) is 6.50. The lowest BCUT2D eigenvalue weighted by atomic mass is 10.1. The Morgan fingerprint density at radius 2 is 1.77 bits per heavy atom. The monoisotopic (exact) mass is 356 g/mol. The lowest BCUT2D eigenvalue weighted by Crippen LogP contribution is -2.37. The van der Waals surface area contributed by atoms with E-state index in [1.54, 1.807) is 12.0 Å². The van der Waals surface area contributed by atoms with Gasteiger partial charge in [0, 0.05) is 18.8 Å². The van der Waals surface area contributed by atoms with Gasteiger partial charge >= 0.3 is 6.09 Å². The van der Waals surface area contributed by atoms with Gasteiger partial charge in [0.1, 0.15) is 11.4 Å². The van der Waals surface area contributed by atoms with Crippen LogP contribution in [-0.4, -0.2) is 30.2 Å². The molecule has 0 aliphatic heterocycles. The van der Waals surface area contributed by atoms with Crippen molar-refractivity contribution in [2.45, 2.75) is 39.3 Å². The molecule has 0 saturated heterocycles. The minimum absolute atomic E-state index is 0.326. The fourth-order valence-corrected chi connectivity index (χ4v) is 2.53. The van der Waals surface area contributed by atoms with E-state index in [4.69, 9.17) is 15.2 Å². The van der Waals surface area contributed by atoms with Crippen LogP contribution in [0.5, 0.6) is 5.75 Å². The SMILES string of the molecule is COc1ccc(CCN(Cc2cccc(N)c2)C(=O)OC(C)(C)C)cc1. The maximum absolute atomic E-state index is 12.6. The van der Waals surface area contributed by atoms with Gasteiger partial charge in [0.15, 0.2) is 0 Å². The normalized spacial score (nSPS) is 11.1. The number of hydrogen-bond acceptors (Lipinski definition) is 4. The number of rotatable bonds is 6. The Morgan fingerprint density at radius 1 is 1.08 bits per heavy atom. The van der Waals surface area contributed by atoms with Crippen molar-refractivity contribution in [3.8, 4) is 5.75 Å². The van der Waals surface area contributed by atoms with E-state index in [9.17, 15) is 4.79 Å². The molecule has 5 nitrogen and oxygen atoms in total. The van der Waals surface area contributed by atoms with Crippen molar-refractivity contribution in [1.29, 1.82) is 0 Å². The molecular formula is C21H28N2O3. The number of nitrogen functional groups attached to an aromatic ring is 1. The molecule has 0 saturated carbocycles. The number of benzene rings is 2. The lowest BCUT2D eigenvalue weighted by Gasteiger charge is -2.27. The van der Waals surface area contributed by atoms with E-state index in [2.05, 4.69) is 0 Å². The second-order valence-electron chi connectivity index (χ2n) is 7.25. The number of amides is 1. The topological polar surface area (TPSA) is 64.8 Å². The number of methoxy groups -OCH3 is 1. The zero-order valence-electron chi connectivity index (χ0n) is 16.0. The van der Waals surface area contributed by atoms with Gasteiger partial charge in [-0.05, 0) is 62.6 Å². The zero-order chi connectivity index (χ0) is 19.2. The summed E-state index contributed by atoms with van der Waals surface area (Å²) < 4.78 is 10.7. The fourth-order valence-electron chi connectivity index (χ4n) is 2.53. The quantitative estimate of drug-likeness (QED) is 0.786. The molecule has 0 fully saturated rings. The van der Waals surface area contributed by atoms with Crippen LogP contribution in [0.4, 0.5) is 10.5 Å². The number of hydrogen-bond donors (Lipinski definition) is 1. The van der Waals surface area contributed by atoms with Crippen LogP contribution in [0.3, 0.4) is 0 Å². The highest BCUT2D eigenvalue weighted by Crippen LogP contribution is 2.16. The number of ether oxygens (including phenoxy) is 2. The first-order valence-electron chi connectivity index (χ1n) is 8.72. The number of nitrogens with two attached hydrogens (primary N) is 1. The first kappa shape index (κ1) is 19.6. The van der Waals surface area contributed by atoms with Crippen molar-refractivity contribution < 1.29 is 14.3 Å². The molecule has 2 N–H and O–H groups in total. The van der Waals surface area contributed by atoms with Crippen molar-refractivity contribution >= 4 is 11.8 Å². The average Bonchev–Trinajstić information content (AvgIpc) is 2.57. The summed E-state index contributed by atoms with van der Waals surface area (Å²) in [4.78, 5) is 14.3. The van der Waals surface area contributed by atoms with E-state index >= 15 is 0 Å². The first-order chi connectivity index (χ1) is 12.3. The molecule has 0 spiro atoms. The molecule has 0 atom stereocenters. The summed E-state index contributed by atoms with van der Waals surface area (Å²) in [7, 11) is 1.64. The van der Waals surface area contributed by atoms with Crippen LogP contribution in [0.15, 0.2) is 48.5 Å². The Morgan fingerprint density at radius 3 is 2.35 bits per heavy atom. The van der Waals surface area contributed by atoms with Gasteiger partial charge in [-0.25, -0.2) is 4.79 Å².